The summed E-state index contributed by atoms with van der Waals surface area (Å²) in [4.78, 5) is 61.4. The summed E-state index contributed by atoms with van der Waals surface area (Å²) in [5, 5.41) is 5.65. The lowest BCUT2D eigenvalue weighted by molar-refractivity contribution is -0.136. The Hall–Kier alpha value is -5.89. The van der Waals surface area contributed by atoms with Gasteiger partial charge in [-0.2, -0.15) is 0 Å². The number of aromatic nitrogens is 2. The molecular formula is C42H43FN6O7. The van der Waals surface area contributed by atoms with Crippen LogP contribution < -0.4 is 25.0 Å². The molecule has 2 saturated heterocycles. The lowest BCUT2D eigenvalue weighted by atomic mass is 9.78. The highest BCUT2D eigenvalue weighted by atomic mass is 19.1. The predicted molar refractivity (Wildman–Crippen MR) is 203 cm³/mol. The lowest BCUT2D eigenvalue weighted by Gasteiger charge is -2.36. The van der Waals surface area contributed by atoms with Crippen molar-refractivity contribution >= 4 is 35.1 Å². The molecule has 14 heteroatoms. The average Bonchev–Trinajstić information content (AvgIpc) is 3.42. The molecule has 0 spiro atoms. The van der Waals surface area contributed by atoms with Gasteiger partial charge in [-0.3, -0.25) is 29.4 Å². The quantitative estimate of drug-likeness (QED) is 0.191. The smallest absolute Gasteiger partial charge is 0.262 e. The second kappa shape index (κ2) is 15.0. The fourth-order valence-electron chi connectivity index (χ4n) is 7.75. The van der Waals surface area contributed by atoms with E-state index in [1.54, 1.807) is 25.1 Å². The Morgan fingerprint density at radius 1 is 0.893 bits per heavy atom. The first-order valence-corrected chi connectivity index (χ1v) is 19.0. The summed E-state index contributed by atoms with van der Waals surface area (Å²) in [7, 11) is 0. The van der Waals surface area contributed by atoms with E-state index in [0.717, 1.165) is 34.6 Å². The Bertz CT molecular complexity index is 2170. The monoisotopic (exact) mass is 762 g/mol. The number of amides is 4. The molecular weight excluding hydrogens is 719 g/mol. The molecule has 2 unspecified atom stereocenters. The average molecular weight is 763 g/mol. The Labute approximate surface area is 323 Å². The predicted octanol–water partition coefficient (Wildman–Crippen LogP) is 5.34. The molecule has 290 valence electrons. The van der Waals surface area contributed by atoms with E-state index in [-0.39, 0.29) is 53.0 Å². The number of halogens is 1. The van der Waals surface area contributed by atoms with Gasteiger partial charge in [0.2, 0.25) is 11.8 Å². The Morgan fingerprint density at radius 3 is 2.23 bits per heavy atom. The van der Waals surface area contributed by atoms with Crippen molar-refractivity contribution < 1.29 is 37.8 Å². The fraction of sp³-hybridized carbons (Fsp3) is 0.381. The zero-order chi connectivity index (χ0) is 39.1. The number of anilines is 2. The summed E-state index contributed by atoms with van der Waals surface area (Å²) in [6.45, 7) is 8.28. The van der Waals surface area contributed by atoms with Gasteiger partial charge in [-0.25, -0.2) is 14.4 Å². The second-order valence-corrected chi connectivity index (χ2v) is 15.2. The molecule has 2 atom stereocenters. The van der Waals surface area contributed by atoms with Crippen molar-refractivity contribution in [1.82, 2.24) is 20.2 Å². The van der Waals surface area contributed by atoms with Crippen molar-refractivity contribution in [3.63, 3.8) is 0 Å². The van der Waals surface area contributed by atoms with Gasteiger partial charge in [0.15, 0.2) is 11.6 Å². The summed E-state index contributed by atoms with van der Waals surface area (Å²) in [6.07, 6.45) is 2.47. The van der Waals surface area contributed by atoms with Crippen LogP contribution in [0.25, 0.3) is 0 Å². The van der Waals surface area contributed by atoms with Crippen LogP contribution in [0.2, 0.25) is 0 Å². The molecule has 2 N–H and O–H groups in total. The van der Waals surface area contributed by atoms with E-state index in [4.69, 9.17) is 14.2 Å². The number of imide groups is 2. The maximum absolute atomic E-state index is 15.4. The van der Waals surface area contributed by atoms with Gasteiger partial charge < -0.3 is 24.4 Å². The van der Waals surface area contributed by atoms with Gasteiger partial charge in [0.05, 0.1) is 24.3 Å². The minimum absolute atomic E-state index is 0.0173. The van der Waals surface area contributed by atoms with Crippen LogP contribution in [0.5, 0.6) is 11.5 Å². The number of fused-ring (bicyclic) bond motifs is 1. The number of piperidine rings is 1. The van der Waals surface area contributed by atoms with Crippen molar-refractivity contribution in [2.24, 2.45) is 0 Å². The standard InChI is InChI=1S/C42H43FN6O7/c1-24(37-36(43)38(45-23-44-37)48-16-18-54-19-17-48)55-29-9-4-25(5-10-29)42(2,3)26-6-11-30(12-7-26)56-31-20-28(21-31)46-27-8-13-32-33(22-27)41(53)49(40(32)52)34-14-15-35(50)47-39(34)51/h4-13,22-24,28,31,34,46H,14-21H2,1-3H3,(H,47,50,51). The molecule has 0 radical (unpaired) electrons. The Balaban J connectivity index is 0.831. The number of carbonyl (C=O) groups excluding carboxylic acids is 4. The van der Waals surface area contributed by atoms with Crippen LogP contribution in [0.3, 0.4) is 0 Å². The van der Waals surface area contributed by atoms with Crippen molar-refractivity contribution in [2.45, 2.75) is 76.2 Å². The topological polar surface area (TPSA) is 152 Å². The molecule has 4 aromatic rings. The van der Waals surface area contributed by atoms with E-state index >= 15 is 4.39 Å². The molecule has 56 heavy (non-hydrogen) atoms. The van der Waals surface area contributed by atoms with Crippen molar-refractivity contribution in [3.8, 4) is 11.5 Å². The number of hydrogen-bond donors (Lipinski definition) is 2. The number of nitrogens with zero attached hydrogens (tertiary/aromatic N) is 4. The number of ether oxygens (including phenoxy) is 3. The zero-order valence-electron chi connectivity index (χ0n) is 31.4. The summed E-state index contributed by atoms with van der Waals surface area (Å²) in [5.41, 5.74) is 3.28. The molecule has 3 aliphatic heterocycles. The third-order valence-corrected chi connectivity index (χ3v) is 11.2. The minimum Gasteiger partial charge on any atom is -0.490 e. The summed E-state index contributed by atoms with van der Waals surface area (Å²) in [5.74, 6) is -0.920. The van der Waals surface area contributed by atoms with Crippen LogP contribution in [-0.4, -0.2) is 83.0 Å². The van der Waals surface area contributed by atoms with Crippen molar-refractivity contribution in [1.29, 1.82) is 0 Å². The molecule has 4 aliphatic rings. The van der Waals surface area contributed by atoms with Crippen molar-refractivity contribution in [3.05, 3.63) is 107 Å². The number of benzene rings is 3. The van der Waals surface area contributed by atoms with E-state index in [1.807, 2.05) is 41.3 Å². The van der Waals surface area contributed by atoms with E-state index in [1.165, 1.54) is 6.33 Å². The van der Waals surface area contributed by atoms with E-state index < -0.39 is 41.6 Å². The maximum atomic E-state index is 15.4. The van der Waals surface area contributed by atoms with Crippen LogP contribution in [-0.2, 0) is 19.7 Å². The number of rotatable bonds is 11. The SMILES string of the molecule is CC(Oc1ccc(C(C)(C)c2ccc(OC3CC(Nc4ccc5c(c4)C(=O)N(C4CCC(=O)NC4=O)C5=O)C3)cc2)cc1)c1ncnc(N2CCOCC2)c1F. The second-order valence-electron chi connectivity index (χ2n) is 15.2. The van der Waals surface area contributed by atoms with Gasteiger partial charge >= 0.3 is 0 Å². The van der Waals surface area contributed by atoms with E-state index in [2.05, 4.69) is 46.6 Å². The number of nitrogens with one attached hydrogen (secondary N) is 2. The van der Waals surface area contributed by atoms with Crippen LogP contribution in [0.15, 0.2) is 73.1 Å². The number of hydrogen-bond acceptors (Lipinski definition) is 11. The summed E-state index contributed by atoms with van der Waals surface area (Å²) >= 11 is 0. The highest BCUT2D eigenvalue weighted by molar-refractivity contribution is 6.23. The van der Waals surface area contributed by atoms with E-state index in [9.17, 15) is 19.2 Å². The highest BCUT2D eigenvalue weighted by Crippen LogP contribution is 2.36. The first-order valence-electron chi connectivity index (χ1n) is 19.0. The maximum Gasteiger partial charge on any atom is 0.262 e. The number of morpholine rings is 1. The van der Waals surface area contributed by atoms with Gasteiger partial charge in [0, 0.05) is 49.5 Å². The van der Waals surface area contributed by atoms with Gasteiger partial charge in [-0.15, -0.1) is 0 Å². The zero-order valence-corrected chi connectivity index (χ0v) is 31.4. The van der Waals surface area contributed by atoms with Gasteiger partial charge in [0.25, 0.3) is 11.8 Å². The van der Waals surface area contributed by atoms with Gasteiger partial charge in [-0.1, -0.05) is 38.1 Å². The largest absolute Gasteiger partial charge is 0.490 e. The molecule has 1 aromatic heterocycles. The molecule has 3 aromatic carbocycles. The molecule has 8 rings (SSSR count). The molecule has 0 bridgehead atoms. The van der Waals surface area contributed by atoms with Crippen molar-refractivity contribution in [2.75, 3.05) is 36.5 Å². The molecule has 1 saturated carbocycles. The van der Waals surface area contributed by atoms with E-state index in [0.29, 0.717) is 37.7 Å². The highest BCUT2D eigenvalue weighted by Gasteiger charge is 2.45. The molecule has 13 nitrogen and oxygen atoms in total. The fourth-order valence-corrected chi connectivity index (χ4v) is 7.75. The minimum atomic E-state index is -0.997. The molecule has 4 heterocycles. The van der Waals surface area contributed by atoms with Crippen LogP contribution >= 0.6 is 0 Å². The molecule has 4 amide bonds. The van der Waals surface area contributed by atoms with Crippen LogP contribution in [0, 0.1) is 5.82 Å². The summed E-state index contributed by atoms with van der Waals surface area (Å²) in [6, 6.07) is 20.1. The molecule has 3 fully saturated rings. The summed E-state index contributed by atoms with van der Waals surface area (Å²) < 4.78 is 33.2. The Kier molecular flexibility index (Phi) is 9.91. The molecule has 1 aliphatic carbocycles. The number of carbonyl (C=O) groups is 4. The lowest BCUT2D eigenvalue weighted by Crippen LogP contribution is -2.54. The van der Waals surface area contributed by atoms with Gasteiger partial charge in [-0.05, 0) is 66.9 Å². The van der Waals surface area contributed by atoms with Crippen LogP contribution in [0.4, 0.5) is 15.9 Å². The Morgan fingerprint density at radius 2 is 1.55 bits per heavy atom. The van der Waals surface area contributed by atoms with Crippen LogP contribution in [0.1, 0.15) is 90.1 Å². The first kappa shape index (κ1) is 37.1. The normalized spacial score (nSPS) is 21.6. The third kappa shape index (κ3) is 7.16. The third-order valence-electron chi connectivity index (χ3n) is 11.2. The van der Waals surface area contributed by atoms with Gasteiger partial charge in [0.1, 0.15) is 41.8 Å². The first-order chi connectivity index (χ1) is 27.0.